The number of carbonyl (C=O) groups is 1. The van der Waals surface area contributed by atoms with Gasteiger partial charge in [-0.2, -0.15) is 0 Å². The molecule has 0 bridgehead atoms. The number of H-pyrrole nitrogens is 1. The summed E-state index contributed by atoms with van der Waals surface area (Å²) in [4.78, 5) is 16.0. The van der Waals surface area contributed by atoms with Gasteiger partial charge in [0.05, 0.1) is 11.0 Å². The second-order valence-electron chi connectivity index (χ2n) is 3.97. The summed E-state index contributed by atoms with van der Waals surface area (Å²) in [5.41, 5.74) is 1.33. The Hall–Kier alpha value is -1.69. The Kier molecular flexibility index (Phi) is 2.97. The highest BCUT2D eigenvalue weighted by Gasteiger charge is 2.10. The third-order valence-electron chi connectivity index (χ3n) is 2.53. The number of likely N-dealkylation sites (N-methyl/N-ethyl adjacent to an activating group) is 1. The zero-order valence-electron chi connectivity index (χ0n) is 9.53. The lowest BCUT2D eigenvalue weighted by atomic mass is 10.3. The molecule has 6 heteroatoms. The van der Waals surface area contributed by atoms with Crippen molar-refractivity contribution in [3.05, 3.63) is 28.8 Å². The fourth-order valence-electron chi connectivity index (χ4n) is 1.57. The molecule has 0 saturated heterocycles. The highest BCUT2D eigenvalue weighted by atomic mass is 32.1. The molecule has 2 rings (SSSR count). The lowest BCUT2D eigenvalue weighted by molar-refractivity contribution is -0.129. The highest BCUT2D eigenvalue weighted by Crippen LogP contribution is 2.15. The molecule has 1 N–H and O–H groups in total. The molecule has 2 aromatic rings. The quantitative estimate of drug-likeness (QED) is 0.831. The Morgan fingerprint density at radius 3 is 2.88 bits per heavy atom. The minimum atomic E-state index is -0.333. The van der Waals surface area contributed by atoms with Crippen LogP contribution in [0.4, 0.5) is 4.39 Å². The Bertz CT molecular complexity index is 629. The van der Waals surface area contributed by atoms with Crippen molar-refractivity contribution in [1.29, 1.82) is 0 Å². The Labute approximate surface area is 103 Å². The van der Waals surface area contributed by atoms with Crippen molar-refractivity contribution < 1.29 is 9.18 Å². The minimum Gasteiger partial charge on any atom is -0.347 e. The summed E-state index contributed by atoms with van der Waals surface area (Å²) in [6.45, 7) is 0.150. The van der Waals surface area contributed by atoms with E-state index in [4.69, 9.17) is 12.2 Å². The van der Waals surface area contributed by atoms with E-state index in [0.717, 1.165) is 5.52 Å². The molecule has 0 aliphatic carbocycles. The number of benzene rings is 1. The summed E-state index contributed by atoms with van der Waals surface area (Å²) in [6, 6.07) is 4.32. The van der Waals surface area contributed by atoms with Crippen molar-refractivity contribution in [2.24, 2.45) is 0 Å². The zero-order valence-corrected chi connectivity index (χ0v) is 10.3. The number of imidazole rings is 1. The number of halogens is 1. The molecule has 0 fully saturated rings. The van der Waals surface area contributed by atoms with E-state index in [2.05, 4.69) is 4.98 Å². The predicted octanol–water partition coefficient (Wildman–Crippen LogP) is 1.93. The third-order valence-corrected chi connectivity index (χ3v) is 2.85. The standard InChI is InChI=1S/C11H12FN3OS/c1-14(2)10(16)6-15-9-4-3-7(12)5-8(9)13-11(15)17/h3-5H,6H2,1-2H3,(H,13,17). The van der Waals surface area contributed by atoms with E-state index >= 15 is 0 Å². The van der Waals surface area contributed by atoms with Crippen molar-refractivity contribution in [1.82, 2.24) is 14.5 Å². The lowest BCUT2D eigenvalue weighted by Gasteiger charge is -2.11. The van der Waals surface area contributed by atoms with Gasteiger partial charge in [0.1, 0.15) is 12.4 Å². The maximum Gasteiger partial charge on any atom is 0.242 e. The number of nitrogens with zero attached hydrogens (tertiary/aromatic N) is 2. The van der Waals surface area contributed by atoms with Gasteiger partial charge in [-0.15, -0.1) is 0 Å². The normalized spacial score (nSPS) is 10.8. The number of fused-ring (bicyclic) bond motifs is 1. The van der Waals surface area contributed by atoms with Crippen LogP contribution in [-0.4, -0.2) is 34.5 Å². The molecule has 1 heterocycles. The summed E-state index contributed by atoms with van der Waals surface area (Å²) in [5, 5.41) is 0. The number of aromatic nitrogens is 2. The largest absolute Gasteiger partial charge is 0.347 e. The fraction of sp³-hybridized carbons (Fsp3) is 0.273. The van der Waals surface area contributed by atoms with Gasteiger partial charge in [-0.05, 0) is 30.4 Å². The van der Waals surface area contributed by atoms with Crippen LogP contribution in [0, 0.1) is 10.6 Å². The van der Waals surface area contributed by atoms with Crippen LogP contribution in [0.1, 0.15) is 0 Å². The van der Waals surface area contributed by atoms with Gasteiger partial charge >= 0.3 is 0 Å². The van der Waals surface area contributed by atoms with Gasteiger partial charge in [-0.3, -0.25) is 4.79 Å². The van der Waals surface area contributed by atoms with Crippen LogP contribution in [0.25, 0.3) is 11.0 Å². The molecule has 0 aliphatic rings. The van der Waals surface area contributed by atoms with Crippen LogP contribution >= 0.6 is 12.2 Å². The average Bonchev–Trinajstić information content (AvgIpc) is 2.54. The first-order valence-corrected chi connectivity index (χ1v) is 5.48. The van der Waals surface area contributed by atoms with Crippen molar-refractivity contribution in [3.63, 3.8) is 0 Å². The highest BCUT2D eigenvalue weighted by molar-refractivity contribution is 7.71. The molecular formula is C11H12FN3OS. The monoisotopic (exact) mass is 253 g/mol. The summed E-state index contributed by atoms with van der Waals surface area (Å²) in [6.07, 6.45) is 0. The van der Waals surface area contributed by atoms with Crippen LogP contribution in [0.5, 0.6) is 0 Å². The molecule has 4 nitrogen and oxygen atoms in total. The summed E-state index contributed by atoms with van der Waals surface area (Å²) in [5.74, 6) is -0.397. The van der Waals surface area contributed by atoms with E-state index in [0.29, 0.717) is 10.3 Å². The Morgan fingerprint density at radius 2 is 2.24 bits per heavy atom. The van der Waals surface area contributed by atoms with E-state index < -0.39 is 0 Å². The molecule has 1 aromatic carbocycles. The lowest BCUT2D eigenvalue weighted by Crippen LogP contribution is -2.26. The maximum atomic E-state index is 13.0. The van der Waals surface area contributed by atoms with Crippen molar-refractivity contribution in [3.8, 4) is 0 Å². The molecule has 0 aliphatic heterocycles. The van der Waals surface area contributed by atoms with E-state index in [1.54, 1.807) is 24.7 Å². The minimum absolute atomic E-state index is 0.0636. The number of hydrogen-bond donors (Lipinski definition) is 1. The van der Waals surface area contributed by atoms with Gasteiger partial charge < -0.3 is 14.5 Å². The van der Waals surface area contributed by atoms with Crippen molar-refractivity contribution in [2.45, 2.75) is 6.54 Å². The van der Waals surface area contributed by atoms with Crippen LogP contribution < -0.4 is 0 Å². The summed E-state index contributed by atoms with van der Waals surface area (Å²) < 4.78 is 15.1. The first kappa shape index (κ1) is 11.8. The summed E-state index contributed by atoms with van der Waals surface area (Å²) in [7, 11) is 3.36. The first-order valence-electron chi connectivity index (χ1n) is 5.07. The number of nitrogens with one attached hydrogen (secondary N) is 1. The van der Waals surface area contributed by atoms with Gasteiger partial charge in [0.15, 0.2) is 4.77 Å². The van der Waals surface area contributed by atoms with Crippen molar-refractivity contribution in [2.75, 3.05) is 14.1 Å². The van der Waals surface area contributed by atoms with E-state index in [1.807, 2.05) is 0 Å². The van der Waals surface area contributed by atoms with Gasteiger partial charge in [0.2, 0.25) is 5.91 Å². The number of hydrogen-bond acceptors (Lipinski definition) is 2. The smallest absolute Gasteiger partial charge is 0.242 e. The first-order chi connectivity index (χ1) is 7.99. The molecule has 0 unspecified atom stereocenters. The van der Waals surface area contributed by atoms with Crippen LogP contribution in [0.15, 0.2) is 18.2 Å². The number of aromatic amines is 1. The molecule has 1 aromatic heterocycles. The second-order valence-corrected chi connectivity index (χ2v) is 4.35. The molecule has 0 radical (unpaired) electrons. The molecule has 0 spiro atoms. The number of rotatable bonds is 2. The molecular weight excluding hydrogens is 241 g/mol. The van der Waals surface area contributed by atoms with E-state index in [-0.39, 0.29) is 18.3 Å². The SMILES string of the molecule is CN(C)C(=O)Cn1c(=S)[nH]c2cc(F)ccc21. The average molecular weight is 253 g/mol. The maximum absolute atomic E-state index is 13.0. The van der Waals surface area contributed by atoms with Gasteiger partial charge in [-0.25, -0.2) is 4.39 Å². The Morgan fingerprint density at radius 1 is 1.53 bits per heavy atom. The molecule has 0 saturated carbocycles. The number of carbonyl (C=O) groups excluding carboxylic acids is 1. The molecule has 0 atom stereocenters. The molecule has 1 amide bonds. The molecule has 17 heavy (non-hydrogen) atoms. The predicted molar refractivity (Wildman–Crippen MR) is 65.8 cm³/mol. The Balaban J connectivity index is 2.50. The third kappa shape index (κ3) is 2.21. The van der Waals surface area contributed by atoms with Crippen molar-refractivity contribution >= 4 is 29.2 Å². The van der Waals surface area contributed by atoms with E-state index in [1.165, 1.54) is 17.0 Å². The second kappa shape index (κ2) is 4.29. The van der Waals surface area contributed by atoms with Gasteiger partial charge in [0, 0.05) is 14.1 Å². The van der Waals surface area contributed by atoms with Gasteiger partial charge in [-0.1, -0.05) is 0 Å². The topological polar surface area (TPSA) is 41.0 Å². The van der Waals surface area contributed by atoms with E-state index in [9.17, 15) is 9.18 Å². The van der Waals surface area contributed by atoms with Crippen LogP contribution in [0.3, 0.4) is 0 Å². The van der Waals surface area contributed by atoms with Gasteiger partial charge in [0.25, 0.3) is 0 Å². The number of amides is 1. The van der Waals surface area contributed by atoms with Crippen LogP contribution in [0.2, 0.25) is 0 Å². The summed E-state index contributed by atoms with van der Waals surface area (Å²) >= 11 is 5.12. The van der Waals surface area contributed by atoms with Crippen LogP contribution in [-0.2, 0) is 11.3 Å². The zero-order chi connectivity index (χ0) is 12.6. The fourth-order valence-corrected chi connectivity index (χ4v) is 1.84. The molecule has 90 valence electrons.